The minimum atomic E-state index is -3.26. The van der Waals surface area contributed by atoms with Crippen molar-refractivity contribution in [1.82, 2.24) is 4.57 Å². The Morgan fingerprint density at radius 3 is 2.45 bits per heavy atom. The van der Waals surface area contributed by atoms with Gasteiger partial charge in [0.25, 0.3) is 0 Å². The predicted octanol–water partition coefficient (Wildman–Crippen LogP) is 4.36. The van der Waals surface area contributed by atoms with E-state index in [-0.39, 0.29) is 5.25 Å². The number of aromatic nitrogens is 1. The first-order valence-electron chi connectivity index (χ1n) is 10.2. The number of aryl methyl sites for hydroxylation is 1. The normalized spacial score (nSPS) is 16.9. The second-order valence-corrected chi connectivity index (χ2v) is 9.89. The van der Waals surface area contributed by atoms with Gasteiger partial charge in [-0.2, -0.15) is 0 Å². The van der Waals surface area contributed by atoms with Gasteiger partial charge in [0.1, 0.15) is 5.75 Å². The van der Waals surface area contributed by atoms with Crippen LogP contribution < -0.4 is 15.2 Å². The predicted molar refractivity (Wildman–Crippen MR) is 117 cm³/mol. The molecule has 0 unspecified atom stereocenters. The van der Waals surface area contributed by atoms with Gasteiger partial charge in [-0.1, -0.05) is 12.1 Å². The summed E-state index contributed by atoms with van der Waals surface area (Å²) < 4.78 is 35.1. The summed E-state index contributed by atoms with van der Waals surface area (Å²) >= 11 is 0. The van der Waals surface area contributed by atoms with Crippen molar-refractivity contribution in [3.63, 3.8) is 0 Å². The van der Waals surface area contributed by atoms with E-state index in [1.807, 2.05) is 24.3 Å². The van der Waals surface area contributed by atoms with E-state index in [1.165, 1.54) is 0 Å². The molecule has 6 nitrogen and oxygen atoms in total. The molecule has 2 fully saturated rings. The van der Waals surface area contributed by atoms with Gasteiger partial charge in [0.15, 0.2) is 0 Å². The van der Waals surface area contributed by atoms with Crippen LogP contribution in [0.4, 0.5) is 11.4 Å². The van der Waals surface area contributed by atoms with Gasteiger partial charge in [0.2, 0.25) is 10.0 Å². The molecule has 2 aliphatic carbocycles. The molecular formula is C22H25N3O3S. The fraction of sp³-hybridized carbons (Fsp3) is 0.364. The molecule has 7 heteroatoms. The molecule has 0 spiro atoms. The van der Waals surface area contributed by atoms with Crippen LogP contribution in [-0.2, 0) is 16.6 Å². The summed E-state index contributed by atoms with van der Waals surface area (Å²) in [5.41, 5.74) is 10.8. The molecule has 0 amide bonds. The maximum atomic E-state index is 12.2. The van der Waals surface area contributed by atoms with E-state index in [9.17, 15) is 8.42 Å². The quantitative estimate of drug-likeness (QED) is 0.605. The SMILES string of the molecule is CCn1c(-c2ccc(NS(=O)(=O)C3CC3)cc2)c(N)c2ccc(OC3CC3)cc21. The molecule has 3 aromatic rings. The highest BCUT2D eigenvalue weighted by Crippen LogP contribution is 2.39. The number of nitrogens with zero attached hydrogens (tertiary/aromatic N) is 1. The number of nitrogens with two attached hydrogens (primary N) is 1. The van der Waals surface area contributed by atoms with Crippen LogP contribution in [0.2, 0.25) is 0 Å². The van der Waals surface area contributed by atoms with Crippen molar-refractivity contribution in [3.8, 4) is 17.0 Å². The van der Waals surface area contributed by atoms with Crippen molar-refractivity contribution in [3.05, 3.63) is 42.5 Å². The van der Waals surface area contributed by atoms with E-state index in [0.717, 1.165) is 65.8 Å². The maximum Gasteiger partial charge on any atom is 0.235 e. The molecule has 2 aliphatic rings. The van der Waals surface area contributed by atoms with Gasteiger partial charge in [-0.3, -0.25) is 4.72 Å². The molecule has 3 N–H and O–H groups in total. The lowest BCUT2D eigenvalue weighted by Gasteiger charge is -2.11. The first kappa shape index (κ1) is 18.4. The fourth-order valence-corrected chi connectivity index (χ4v) is 5.16. The number of rotatable bonds is 7. The third-order valence-electron chi connectivity index (χ3n) is 5.60. The Balaban J connectivity index is 1.50. The Morgan fingerprint density at radius 1 is 1.10 bits per heavy atom. The minimum absolute atomic E-state index is 0.243. The Hall–Kier alpha value is -2.67. The van der Waals surface area contributed by atoms with E-state index < -0.39 is 10.0 Å². The summed E-state index contributed by atoms with van der Waals surface area (Å²) in [6.45, 7) is 2.86. The zero-order valence-corrected chi connectivity index (χ0v) is 17.2. The van der Waals surface area contributed by atoms with Gasteiger partial charge < -0.3 is 15.0 Å². The number of nitrogens with one attached hydrogen (secondary N) is 1. The number of hydrogen-bond acceptors (Lipinski definition) is 4. The summed E-state index contributed by atoms with van der Waals surface area (Å²) in [5.74, 6) is 0.878. The third-order valence-corrected chi connectivity index (χ3v) is 7.47. The van der Waals surface area contributed by atoms with Gasteiger partial charge in [0, 0.05) is 29.2 Å². The van der Waals surface area contributed by atoms with Crippen molar-refractivity contribution >= 4 is 32.3 Å². The van der Waals surface area contributed by atoms with E-state index >= 15 is 0 Å². The summed E-state index contributed by atoms with van der Waals surface area (Å²) in [4.78, 5) is 0. The molecule has 0 bridgehead atoms. The van der Waals surface area contributed by atoms with Crippen LogP contribution in [0.3, 0.4) is 0 Å². The molecule has 1 aromatic heterocycles. The lowest BCUT2D eigenvalue weighted by Crippen LogP contribution is -2.17. The van der Waals surface area contributed by atoms with Crippen LogP contribution in [0.25, 0.3) is 22.2 Å². The highest BCUT2D eigenvalue weighted by molar-refractivity contribution is 7.93. The second kappa shape index (κ2) is 6.69. The Labute approximate surface area is 170 Å². The summed E-state index contributed by atoms with van der Waals surface area (Å²) in [5, 5.41) is 0.760. The lowest BCUT2D eigenvalue weighted by atomic mass is 10.1. The summed E-state index contributed by atoms with van der Waals surface area (Å²) in [6.07, 6.45) is 4.08. The van der Waals surface area contributed by atoms with Crippen LogP contribution in [0, 0.1) is 0 Å². The molecule has 2 saturated carbocycles. The number of hydrogen-bond donors (Lipinski definition) is 2. The van der Waals surface area contributed by atoms with Crippen LogP contribution in [0.5, 0.6) is 5.75 Å². The number of benzene rings is 2. The Bertz CT molecular complexity index is 1170. The third kappa shape index (κ3) is 3.44. The molecule has 0 aliphatic heterocycles. The molecule has 152 valence electrons. The van der Waals surface area contributed by atoms with Gasteiger partial charge in [-0.05, 0) is 56.9 Å². The van der Waals surface area contributed by atoms with Crippen LogP contribution in [-0.4, -0.2) is 24.3 Å². The highest BCUT2D eigenvalue weighted by atomic mass is 32.2. The fourth-order valence-electron chi connectivity index (χ4n) is 3.77. The molecule has 1 heterocycles. The average Bonchev–Trinajstić information content (AvgIpc) is 3.60. The Morgan fingerprint density at radius 2 is 1.83 bits per heavy atom. The minimum Gasteiger partial charge on any atom is -0.490 e. The van der Waals surface area contributed by atoms with Gasteiger partial charge in [-0.15, -0.1) is 0 Å². The van der Waals surface area contributed by atoms with Gasteiger partial charge in [0.05, 0.1) is 28.3 Å². The maximum absolute atomic E-state index is 12.2. The molecule has 0 saturated heterocycles. The monoisotopic (exact) mass is 411 g/mol. The first-order chi connectivity index (χ1) is 14.0. The van der Waals surface area contributed by atoms with E-state index in [0.29, 0.717) is 11.8 Å². The van der Waals surface area contributed by atoms with Crippen molar-refractivity contribution in [2.75, 3.05) is 10.5 Å². The van der Waals surface area contributed by atoms with E-state index in [2.05, 4.69) is 22.3 Å². The summed E-state index contributed by atoms with van der Waals surface area (Å²) in [6, 6.07) is 13.5. The lowest BCUT2D eigenvalue weighted by molar-refractivity contribution is 0.303. The van der Waals surface area contributed by atoms with Crippen LogP contribution >= 0.6 is 0 Å². The van der Waals surface area contributed by atoms with Crippen LogP contribution in [0.1, 0.15) is 32.6 Å². The first-order valence-corrected chi connectivity index (χ1v) is 11.7. The number of nitrogen functional groups attached to an aromatic ring is 1. The average molecular weight is 412 g/mol. The Kier molecular flexibility index (Phi) is 4.24. The van der Waals surface area contributed by atoms with Gasteiger partial charge >= 0.3 is 0 Å². The largest absolute Gasteiger partial charge is 0.490 e. The molecular weight excluding hydrogens is 386 g/mol. The molecule has 5 rings (SSSR count). The molecule has 0 radical (unpaired) electrons. The van der Waals surface area contributed by atoms with E-state index in [1.54, 1.807) is 12.1 Å². The molecule has 2 aromatic carbocycles. The zero-order valence-electron chi connectivity index (χ0n) is 16.4. The number of sulfonamides is 1. The molecule has 29 heavy (non-hydrogen) atoms. The number of ether oxygens (including phenoxy) is 1. The van der Waals surface area contributed by atoms with Gasteiger partial charge in [-0.25, -0.2) is 8.42 Å². The van der Waals surface area contributed by atoms with Crippen LogP contribution in [0.15, 0.2) is 42.5 Å². The highest BCUT2D eigenvalue weighted by Gasteiger charge is 2.35. The topological polar surface area (TPSA) is 86.4 Å². The van der Waals surface area contributed by atoms with Crippen molar-refractivity contribution in [1.29, 1.82) is 0 Å². The smallest absolute Gasteiger partial charge is 0.235 e. The number of fused-ring (bicyclic) bond motifs is 1. The number of anilines is 2. The van der Waals surface area contributed by atoms with Crippen molar-refractivity contribution in [2.45, 2.75) is 50.5 Å². The standard InChI is InChI=1S/C22H25N3O3S/c1-2-25-20-13-17(28-16-7-8-16)9-12-19(20)21(23)22(25)14-3-5-15(6-4-14)24-29(26,27)18-10-11-18/h3-6,9,12-13,16,18,24H,2,7-8,10-11,23H2,1H3. The second-order valence-electron chi connectivity index (χ2n) is 7.93. The van der Waals surface area contributed by atoms with Crippen molar-refractivity contribution in [2.24, 2.45) is 0 Å². The zero-order chi connectivity index (χ0) is 20.2. The van der Waals surface area contributed by atoms with E-state index in [4.69, 9.17) is 10.5 Å². The summed E-state index contributed by atoms with van der Waals surface area (Å²) in [7, 11) is -3.26. The van der Waals surface area contributed by atoms with Crippen molar-refractivity contribution < 1.29 is 13.2 Å². The molecule has 0 atom stereocenters.